The molecule has 16 heavy (non-hydrogen) atoms. The Balaban J connectivity index is 2.98. The predicted octanol–water partition coefficient (Wildman–Crippen LogP) is 2.68. The summed E-state index contributed by atoms with van der Waals surface area (Å²) >= 11 is 0. The molecule has 0 amide bonds. The maximum atomic E-state index is 11.5. The van der Waals surface area contributed by atoms with Gasteiger partial charge in [0.25, 0.3) is 0 Å². The predicted molar refractivity (Wildman–Crippen MR) is 61.7 cm³/mol. The maximum absolute atomic E-state index is 11.5. The number of hydrogen-bond donors (Lipinski definition) is 0. The lowest BCUT2D eigenvalue weighted by molar-refractivity contribution is -0.586. The molecule has 0 aromatic rings. The molecule has 0 spiro atoms. The van der Waals surface area contributed by atoms with E-state index in [1.54, 1.807) is 6.92 Å². The minimum absolute atomic E-state index is 0.0168. The van der Waals surface area contributed by atoms with Gasteiger partial charge in [-0.1, -0.05) is 20.8 Å². The molecule has 0 bridgehead atoms. The monoisotopic (exact) mass is 227 g/mol. The van der Waals surface area contributed by atoms with Gasteiger partial charge in [0.05, 0.1) is 0 Å². The molecule has 1 rings (SSSR count). The van der Waals surface area contributed by atoms with Crippen molar-refractivity contribution in [2.24, 2.45) is 17.8 Å². The second kappa shape index (κ2) is 4.52. The first-order valence-electron chi connectivity index (χ1n) is 5.96. The fraction of sp³-hybridized carbons (Fsp3) is 0.917. The van der Waals surface area contributed by atoms with Crippen molar-refractivity contribution < 1.29 is 9.72 Å². The molecule has 0 aromatic heterocycles. The summed E-state index contributed by atoms with van der Waals surface area (Å²) in [4.78, 5) is 22.7. The zero-order valence-electron chi connectivity index (χ0n) is 10.5. The van der Waals surface area contributed by atoms with Crippen LogP contribution in [0.5, 0.6) is 0 Å². The van der Waals surface area contributed by atoms with Crippen LogP contribution in [-0.4, -0.2) is 16.2 Å². The maximum Gasteiger partial charge on any atom is 0.225 e. The van der Waals surface area contributed by atoms with Crippen LogP contribution in [0.3, 0.4) is 0 Å². The van der Waals surface area contributed by atoms with E-state index < -0.39 is 5.54 Å². The fourth-order valence-electron chi connectivity index (χ4n) is 2.81. The molecule has 0 heterocycles. The summed E-state index contributed by atoms with van der Waals surface area (Å²) in [5.41, 5.74) is -0.886. The SMILES string of the molecule is CC(=O)C1CC(C(C)C)([N+](=O)[O-])CCC1C. The molecule has 3 unspecified atom stereocenters. The van der Waals surface area contributed by atoms with Crippen molar-refractivity contribution in [3.8, 4) is 0 Å². The Hall–Kier alpha value is -0.930. The second-order valence-electron chi connectivity index (χ2n) is 5.45. The van der Waals surface area contributed by atoms with Crippen LogP contribution in [0, 0.1) is 27.9 Å². The smallest absolute Gasteiger partial charge is 0.225 e. The van der Waals surface area contributed by atoms with Crippen molar-refractivity contribution in [1.29, 1.82) is 0 Å². The van der Waals surface area contributed by atoms with E-state index in [-0.39, 0.29) is 28.5 Å². The summed E-state index contributed by atoms with van der Waals surface area (Å²) in [5.74, 6) is 0.224. The zero-order valence-corrected chi connectivity index (χ0v) is 10.5. The molecule has 0 aliphatic heterocycles. The molecule has 1 aliphatic rings. The van der Waals surface area contributed by atoms with Crippen LogP contribution >= 0.6 is 0 Å². The minimum Gasteiger partial charge on any atom is -0.300 e. The van der Waals surface area contributed by atoms with Crippen LogP contribution in [0.15, 0.2) is 0 Å². The first-order chi connectivity index (χ1) is 7.31. The molecule has 4 heteroatoms. The number of nitro groups is 1. The number of hydrogen-bond acceptors (Lipinski definition) is 3. The van der Waals surface area contributed by atoms with E-state index in [0.29, 0.717) is 12.8 Å². The largest absolute Gasteiger partial charge is 0.300 e. The van der Waals surface area contributed by atoms with E-state index in [0.717, 1.165) is 6.42 Å². The molecule has 0 N–H and O–H groups in total. The Morgan fingerprint density at radius 1 is 1.50 bits per heavy atom. The lowest BCUT2D eigenvalue weighted by atomic mass is 9.65. The Morgan fingerprint density at radius 3 is 2.44 bits per heavy atom. The van der Waals surface area contributed by atoms with Gasteiger partial charge in [-0.15, -0.1) is 0 Å². The average Bonchev–Trinajstić information content (AvgIpc) is 2.17. The molecule has 92 valence electrons. The summed E-state index contributed by atoms with van der Waals surface area (Å²) in [6.07, 6.45) is 1.79. The lowest BCUT2D eigenvalue weighted by Crippen LogP contribution is -2.50. The van der Waals surface area contributed by atoms with Crippen LogP contribution in [-0.2, 0) is 4.79 Å². The molecule has 0 radical (unpaired) electrons. The molecule has 1 aliphatic carbocycles. The normalized spacial score (nSPS) is 35.1. The van der Waals surface area contributed by atoms with E-state index in [2.05, 4.69) is 0 Å². The van der Waals surface area contributed by atoms with Crippen molar-refractivity contribution in [3.63, 3.8) is 0 Å². The fourth-order valence-corrected chi connectivity index (χ4v) is 2.81. The number of carbonyl (C=O) groups is 1. The second-order valence-corrected chi connectivity index (χ2v) is 5.45. The quantitative estimate of drug-likeness (QED) is 0.550. The van der Waals surface area contributed by atoms with E-state index in [4.69, 9.17) is 0 Å². The van der Waals surface area contributed by atoms with Gasteiger partial charge in [0.2, 0.25) is 5.54 Å². The summed E-state index contributed by atoms with van der Waals surface area (Å²) < 4.78 is 0. The average molecular weight is 227 g/mol. The van der Waals surface area contributed by atoms with Gasteiger partial charge in [-0.05, 0) is 19.3 Å². The third kappa shape index (κ3) is 2.11. The van der Waals surface area contributed by atoms with Crippen molar-refractivity contribution in [2.75, 3.05) is 0 Å². The third-order valence-corrected chi connectivity index (χ3v) is 4.25. The third-order valence-electron chi connectivity index (χ3n) is 4.25. The number of rotatable bonds is 3. The minimum atomic E-state index is -0.886. The number of carbonyl (C=O) groups excluding carboxylic acids is 1. The highest BCUT2D eigenvalue weighted by molar-refractivity contribution is 5.78. The summed E-state index contributed by atoms with van der Waals surface area (Å²) in [6.45, 7) is 7.35. The molecular weight excluding hydrogens is 206 g/mol. The molecule has 1 saturated carbocycles. The van der Waals surface area contributed by atoms with Gasteiger partial charge in [-0.3, -0.25) is 14.9 Å². The molecule has 0 aromatic carbocycles. The van der Waals surface area contributed by atoms with Crippen LogP contribution in [0.2, 0.25) is 0 Å². The summed E-state index contributed by atoms with van der Waals surface area (Å²) in [7, 11) is 0. The Labute approximate surface area is 96.6 Å². The van der Waals surface area contributed by atoms with E-state index in [9.17, 15) is 14.9 Å². The lowest BCUT2D eigenvalue weighted by Gasteiger charge is -2.39. The van der Waals surface area contributed by atoms with Gasteiger partial charge < -0.3 is 0 Å². The first kappa shape index (κ1) is 13.1. The molecular formula is C12H21NO3. The van der Waals surface area contributed by atoms with Crippen molar-refractivity contribution in [1.82, 2.24) is 0 Å². The van der Waals surface area contributed by atoms with Crippen LogP contribution in [0.4, 0.5) is 0 Å². The molecule has 1 fully saturated rings. The number of nitrogens with zero attached hydrogens (tertiary/aromatic N) is 1. The Kier molecular flexibility index (Phi) is 3.71. The van der Waals surface area contributed by atoms with Gasteiger partial charge in [0, 0.05) is 29.6 Å². The molecule has 0 saturated heterocycles. The highest BCUT2D eigenvalue weighted by Crippen LogP contribution is 2.42. The molecule has 3 atom stereocenters. The van der Waals surface area contributed by atoms with Crippen LogP contribution in [0.1, 0.15) is 47.0 Å². The van der Waals surface area contributed by atoms with Crippen molar-refractivity contribution in [2.45, 2.75) is 52.5 Å². The van der Waals surface area contributed by atoms with E-state index >= 15 is 0 Å². The highest BCUT2D eigenvalue weighted by Gasteiger charge is 2.52. The van der Waals surface area contributed by atoms with Gasteiger partial charge >= 0.3 is 0 Å². The Morgan fingerprint density at radius 2 is 2.06 bits per heavy atom. The number of Topliss-reactive ketones (excluding diaryl/α,β-unsaturated/α-hetero) is 1. The van der Waals surface area contributed by atoms with E-state index in [1.165, 1.54) is 0 Å². The highest BCUT2D eigenvalue weighted by atomic mass is 16.6. The first-order valence-corrected chi connectivity index (χ1v) is 5.96. The van der Waals surface area contributed by atoms with Gasteiger partial charge in [0.1, 0.15) is 5.78 Å². The molecule has 4 nitrogen and oxygen atoms in total. The van der Waals surface area contributed by atoms with Crippen LogP contribution < -0.4 is 0 Å². The Bertz CT molecular complexity index is 301. The van der Waals surface area contributed by atoms with Crippen LogP contribution in [0.25, 0.3) is 0 Å². The zero-order chi connectivity index (χ0) is 12.5. The standard InChI is InChI=1S/C12H21NO3/c1-8(2)12(13(15)16)6-5-9(3)11(7-12)10(4)14/h8-9,11H,5-7H2,1-4H3. The van der Waals surface area contributed by atoms with E-state index in [1.807, 2.05) is 20.8 Å². The van der Waals surface area contributed by atoms with Gasteiger partial charge in [-0.2, -0.15) is 0 Å². The van der Waals surface area contributed by atoms with Gasteiger partial charge in [0.15, 0.2) is 0 Å². The van der Waals surface area contributed by atoms with Crippen molar-refractivity contribution in [3.05, 3.63) is 10.1 Å². The summed E-state index contributed by atoms with van der Waals surface area (Å²) in [6, 6.07) is 0. The topological polar surface area (TPSA) is 60.2 Å². The van der Waals surface area contributed by atoms with Crippen molar-refractivity contribution >= 4 is 5.78 Å². The number of ketones is 1. The summed E-state index contributed by atoms with van der Waals surface area (Å²) in [5, 5.41) is 11.3. The van der Waals surface area contributed by atoms with Gasteiger partial charge in [-0.25, -0.2) is 0 Å².